The lowest BCUT2D eigenvalue weighted by Gasteiger charge is -2.36. The highest BCUT2D eigenvalue weighted by Gasteiger charge is 2.30. The van der Waals surface area contributed by atoms with Crippen molar-refractivity contribution in [2.45, 2.75) is 6.42 Å². The first-order chi connectivity index (χ1) is 14.1. The molecule has 0 amide bonds. The quantitative estimate of drug-likeness (QED) is 0.720. The fourth-order valence-electron chi connectivity index (χ4n) is 3.86. The van der Waals surface area contributed by atoms with Gasteiger partial charge in [-0.05, 0) is 25.1 Å². The van der Waals surface area contributed by atoms with Crippen LogP contribution < -0.4 is 16.0 Å². The molecule has 29 heavy (non-hydrogen) atoms. The highest BCUT2D eigenvalue weighted by Crippen LogP contribution is 2.22. The van der Waals surface area contributed by atoms with Crippen molar-refractivity contribution < 1.29 is 9.59 Å². The third kappa shape index (κ3) is 4.00. The van der Waals surface area contributed by atoms with Crippen molar-refractivity contribution in [1.29, 1.82) is 0 Å². The zero-order valence-electron chi connectivity index (χ0n) is 16.3. The van der Waals surface area contributed by atoms with E-state index < -0.39 is 0 Å². The highest BCUT2D eigenvalue weighted by atomic mass is 16.1. The molecule has 1 fully saturated rings. The van der Waals surface area contributed by atoms with Gasteiger partial charge in [0.05, 0.1) is 11.9 Å². The van der Waals surface area contributed by atoms with Gasteiger partial charge in [0.2, 0.25) is 11.6 Å². The summed E-state index contributed by atoms with van der Waals surface area (Å²) in [4.78, 5) is 34.0. The second-order valence-electron chi connectivity index (χ2n) is 7.31. The monoisotopic (exact) mass is 391 g/mol. The van der Waals surface area contributed by atoms with E-state index in [4.69, 9.17) is 5.73 Å². The Kier molecular flexibility index (Phi) is 5.57. The van der Waals surface area contributed by atoms with Gasteiger partial charge in [0.1, 0.15) is 11.4 Å². The van der Waals surface area contributed by atoms with E-state index in [2.05, 4.69) is 26.2 Å². The summed E-state index contributed by atoms with van der Waals surface area (Å²) in [5.74, 6) is -0.489. The van der Waals surface area contributed by atoms with E-state index in [1.165, 1.54) is 0 Å². The molecule has 2 aromatic rings. The summed E-state index contributed by atoms with van der Waals surface area (Å²) >= 11 is 0. The second kappa shape index (κ2) is 8.45. The molecule has 0 unspecified atom stereocenters. The van der Waals surface area contributed by atoms with Crippen molar-refractivity contribution in [3.63, 3.8) is 0 Å². The summed E-state index contributed by atoms with van der Waals surface area (Å²) in [6.07, 6.45) is 4.56. The van der Waals surface area contributed by atoms with Crippen LogP contribution in [0, 0.1) is 0 Å². The fraction of sp³-hybridized carbons (Fsp3) is 0.318. The van der Waals surface area contributed by atoms with Crippen LogP contribution in [0.5, 0.6) is 0 Å². The van der Waals surface area contributed by atoms with E-state index in [0.29, 0.717) is 17.7 Å². The van der Waals surface area contributed by atoms with E-state index in [0.717, 1.165) is 44.8 Å². The zero-order chi connectivity index (χ0) is 20.2. The summed E-state index contributed by atoms with van der Waals surface area (Å²) in [6.45, 7) is 5.46. The van der Waals surface area contributed by atoms with Crippen LogP contribution in [0.25, 0.3) is 0 Å². The first-order valence-electron chi connectivity index (χ1n) is 9.94. The van der Waals surface area contributed by atoms with Gasteiger partial charge < -0.3 is 16.0 Å². The van der Waals surface area contributed by atoms with E-state index in [1.54, 1.807) is 30.5 Å². The fourth-order valence-corrected chi connectivity index (χ4v) is 3.86. The number of aromatic nitrogens is 1. The van der Waals surface area contributed by atoms with Gasteiger partial charge in [-0.3, -0.25) is 19.5 Å². The minimum atomic E-state index is -0.283. The number of benzene rings is 1. The van der Waals surface area contributed by atoms with Gasteiger partial charge in [0.15, 0.2) is 0 Å². The smallest absolute Gasteiger partial charge is 0.211 e. The van der Waals surface area contributed by atoms with E-state index in [1.807, 2.05) is 12.3 Å². The lowest BCUT2D eigenvalue weighted by atomic mass is 9.90. The molecule has 1 aliphatic heterocycles. The first-order valence-corrected chi connectivity index (χ1v) is 9.94. The Morgan fingerprint density at radius 1 is 0.966 bits per heavy atom. The summed E-state index contributed by atoms with van der Waals surface area (Å²) in [5.41, 5.74) is 8.16. The number of fused-ring (bicyclic) bond motifs is 1. The number of nitrogens with two attached hydrogens (primary N) is 1. The van der Waals surface area contributed by atoms with Crippen molar-refractivity contribution in [3.05, 3.63) is 71.3 Å². The first kappa shape index (κ1) is 19.1. The Hall–Kier alpha value is -3.19. The molecule has 0 atom stereocenters. The van der Waals surface area contributed by atoms with Gasteiger partial charge in [-0.25, -0.2) is 0 Å². The predicted octanol–water partition coefficient (Wildman–Crippen LogP) is 1.43. The van der Waals surface area contributed by atoms with E-state index >= 15 is 0 Å². The SMILES string of the molecule is NC1=C(NCCCN2CCN(c3cccnc3)CC2)C(=O)c2ccccc2C1=O. The van der Waals surface area contributed by atoms with Crippen LogP contribution in [0.3, 0.4) is 0 Å². The van der Waals surface area contributed by atoms with Crippen LogP contribution in [-0.4, -0.2) is 60.7 Å². The lowest BCUT2D eigenvalue weighted by molar-refractivity contribution is 0.0967. The summed E-state index contributed by atoms with van der Waals surface area (Å²) < 4.78 is 0. The number of nitrogens with zero attached hydrogens (tertiary/aromatic N) is 3. The highest BCUT2D eigenvalue weighted by molar-refractivity contribution is 6.26. The molecule has 0 saturated carbocycles. The molecule has 0 bridgehead atoms. The topological polar surface area (TPSA) is 91.6 Å². The molecule has 1 aromatic carbocycles. The predicted molar refractivity (Wildman–Crippen MR) is 112 cm³/mol. The summed E-state index contributed by atoms with van der Waals surface area (Å²) in [7, 11) is 0. The van der Waals surface area contributed by atoms with Gasteiger partial charge >= 0.3 is 0 Å². The van der Waals surface area contributed by atoms with Gasteiger partial charge in [-0.15, -0.1) is 0 Å². The molecule has 0 radical (unpaired) electrons. The Balaban J connectivity index is 1.26. The molecule has 1 aliphatic carbocycles. The van der Waals surface area contributed by atoms with Crippen LogP contribution in [-0.2, 0) is 0 Å². The number of rotatable bonds is 6. The van der Waals surface area contributed by atoms with E-state index in [9.17, 15) is 9.59 Å². The van der Waals surface area contributed by atoms with Crippen LogP contribution in [0.1, 0.15) is 27.1 Å². The molecule has 2 aliphatic rings. The Morgan fingerprint density at radius 2 is 1.69 bits per heavy atom. The second-order valence-corrected chi connectivity index (χ2v) is 7.31. The Morgan fingerprint density at radius 3 is 2.38 bits per heavy atom. The lowest BCUT2D eigenvalue weighted by Crippen LogP contribution is -2.47. The largest absolute Gasteiger partial charge is 0.394 e. The van der Waals surface area contributed by atoms with Crippen molar-refractivity contribution in [2.75, 3.05) is 44.2 Å². The average Bonchev–Trinajstić information content (AvgIpc) is 2.78. The van der Waals surface area contributed by atoms with Crippen molar-refractivity contribution in [3.8, 4) is 0 Å². The molecule has 4 rings (SSSR count). The standard InChI is InChI=1S/C22H25N5O2/c23-19-20(22(29)18-7-2-1-6-17(18)21(19)28)25-9-4-10-26-11-13-27(14-12-26)16-5-3-8-24-15-16/h1-3,5-8,15,25H,4,9-14,23H2. The average molecular weight is 391 g/mol. The molecule has 7 heteroatoms. The summed E-state index contributed by atoms with van der Waals surface area (Å²) in [6, 6.07) is 10.9. The Labute approximate surface area is 170 Å². The Bertz CT molecular complexity index is 933. The van der Waals surface area contributed by atoms with Crippen molar-refractivity contribution >= 4 is 17.3 Å². The van der Waals surface area contributed by atoms with E-state index in [-0.39, 0.29) is 23.0 Å². The molecular weight excluding hydrogens is 366 g/mol. The van der Waals surface area contributed by atoms with Crippen LogP contribution in [0.4, 0.5) is 5.69 Å². The summed E-state index contributed by atoms with van der Waals surface area (Å²) in [5, 5.41) is 3.11. The van der Waals surface area contributed by atoms with Crippen LogP contribution in [0.15, 0.2) is 60.2 Å². The van der Waals surface area contributed by atoms with Crippen molar-refractivity contribution in [1.82, 2.24) is 15.2 Å². The molecule has 7 nitrogen and oxygen atoms in total. The number of piperazine rings is 1. The van der Waals surface area contributed by atoms with Gasteiger partial charge in [0, 0.05) is 50.0 Å². The maximum absolute atomic E-state index is 12.7. The van der Waals surface area contributed by atoms with Crippen LogP contribution >= 0.6 is 0 Å². The number of nitrogens with one attached hydrogen (secondary N) is 1. The zero-order valence-corrected chi connectivity index (χ0v) is 16.3. The molecule has 0 spiro atoms. The molecular formula is C22H25N5O2. The number of pyridine rings is 1. The van der Waals surface area contributed by atoms with Gasteiger partial charge in [0.25, 0.3) is 0 Å². The maximum atomic E-state index is 12.7. The molecule has 2 heterocycles. The normalized spacial score (nSPS) is 17.4. The molecule has 150 valence electrons. The number of carbonyl (C=O) groups is 2. The molecule has 1 saturated heterocycles. The number of hydrogen-bond donors (Lipinski definition) is 2. The van der Waals surface area contributed by atoms with Gasteiger partial charge in [-0.1, -0.05) is 24.3 Å². The third-order valence-corrected chi connectivity index (χ3v) is 5.49. The number of carbonyl (C=O) groups excluding carboxylic acids is 2. The minimum absolute atomic E-state index is 0.0128. The number of allylic oxidation sites excluding steroid dienone is 2. The number of ketones is 2. The van der Waals surface area contributed by atoms with Crippen molar-refractivity contribution in [2.24, 2.45) is 5.73 Å². The molecule has 1 aromatic heterocycles. The number of Topliss-reactive ketones (excluding diaryl/α,β-unsaturated/α-hetero) is 2. The number of hydrogen-bond acceptors (Lipinski definition) is 7. The van der Waals surface area contributed by atoms with Gasteiger partial charge in [-0.2, -0.15) is 0 Å². The number of anilines is 1. The minimum Gasteiger partial charge on any atom is -0.394 e. The molecule has 3 N–H and O–H groups in total. The van der Waals surface area contributed by atoms with Crippen LogP contribution in [0.2, 0.25) is 0 Å². The third-order valence-electron chi connectivity index (χ3n) is 5.49. The maximum Gasteiger partial charge on any atom is 0.211 e.